The average molecular weight is 289 g/mol. The summed E-state index contributed by atoms with van der Waals surface area (Å²) < 4.78 is 0. The lowest BCUT2D eigenvalue weighted by Gasteiger charge is -2.24. The Hall–Kier alpha value is -1.26. The van der Waals surface area contributed by atoms with E-state index in [2.05, 4.69) is 54.8 Å². The first-order valence-corrected chi connectivity index (χ1v) is 7.98. The average Bonchev–Trinajstić information content (AvgIpc) is 2.86. The molecule has 2 heterocycles. The largest absolute Gasteiger partial charge is 0.298 e. The van der Waals surface area contributed by atoms with Gasteiger partial charge in [0.05, 0.1) is 10.7 Å². The summed E-state index contributed by atoms with van der Waals surface area (Å²) >= 11 is 1.85. The second-order valence-corrected chi connectivity index (χ2v) is 6.29. The molecule has 0 aliphatic heterocycles. The van der Waals surface area contributed by atoms with E-state index in [0.29, 0.717) is 6.04 Å². The van der Waals surface area contributed by atoms with Gasteiger partial charge in [-0.1, -0.05) is 6.92 Å². The first-order valence-electron chi connectivity index (χ1n) is 7.17. The Balaban J connectivity index is 1.97. The molecular weight excluding hydrogens is 266 g/mol. The van der Waals surface area contributed by atoms with E-state index < -0.39 is 0 Å². The number of aromatic nitrogens is 2. The third kappa shape index (κ3) is 3.64. The number of hydrogen-bond donors (Lipinski definition) is 0. The van der Waals surface area contributed by atoms with E-state index in [0.717, 1.165) is 19.4 Å². The molecule has 0 unspecified atom stereocenters. The van der Waals surface area contributed by atoms with Crippen LogP contribution in [0.2, 0.25) is 0 Å². The van der Waals surface area contributed by atoms with Crippen molar-refractivity contribution in [2.75, 3.05) is 13.6 Å². The Morgan fingerprint density at radius 2 is 2.00 bits per heavy atom. The fraction of sp³-hybridized carbons (Fsp3) is 0.500. The quantitative estimate of drug-likeness (QED) is 0.813. The second kappa shape index (κ2) is 6.95. The predicted molar refractivity (Wildman–Crippen MR) is 85.2 cm³/mol. The highest BCUT2D eigenvalue weighted by Gasteiger charge is 2.17. The molecule has 0 fully saturated rings. The molecular formula is C16H23N3S. The molecule has 108 valence electrons. The van der Waals surface area contributed by atoms with E-state index in [9.17, 15) is 0 Å². The molecule has 0 amide bonds. The molecule has 3 nitrogen and oxygen atoms in total. The molecule has 2 rings (SSSR count). The summed E-state index contributed by atoms with van der Waals surface area (Å²) in [6, 6.07) is 4.60. The minimum Gasteiger partial charge on any atom is -0.298 e. The van der Waals surface area contributed by atoms with Crippen LogP contribution in [-0.2, 0) is 12.8 Å². The standard InChI is InChI=1S/C16H23N3S/c1-5-15-18-12(2)16(20-15)13(3)19(4)11-8-14-6-9-17-10-7-14/h6-7,9-10,13H,5,8,11H2,1-4H3/t13-/m1/s1. The lowest BCUT2D eigenvalue weighted by atomic mass is 10.1. The van der Waals surface area contributed by atoms with Crippen molar-refractivity contribution < 1.29 is 0 Å². The molecule has 0 bridgehead atoms. The third-order valence-corrected chi connectivity index (χ3v) is 5.19. The van der Waals surface area contributed by atoms with Crippen LogP contribution in [0.15, 0.2) is 24.5 Å². The monoisotopic (exact) mass is 289 g/mol. The number of pyridine rings is 1. The maximum atomic E-state index is 4.63. The van der Waals surface area contributed by atoms with E-state index in [1.807, 2.05) is 23.7 Å². The topological polar surface area (TPSA) is 29.0 Å². The molecule has 1 atom stereocenters. The van der Waals surface area contributed by atoms with Gasteiger partial charge in [0.1, 0.15) is 0 Å². The highest BCUT2D eigenvalue weighted by molar-refractivity contribution is 7.11. The van der Waals surface area contributed by atoms with Gasteiger partial charge in [0, 0.05) is 29.9 Å². The molecule has 0 spiro atoms. The minimum atomic E-state index is 0.426. The van der Waals surface area contributed by atoms with Gasteiger partial charge in [0.2, 0.25) is 0 Å². The number of hydrogen-bond acceptors (Lipinski definition) is 4. The maximum Gasteiger partial charge on any atom is 0.0928 e. The number of aryl methyl sites for hydroxylation is 2. The lowest BCUT2D eigenvalue weighted by Crippen LogP contribution is -2.24. The molecule has 0 saturated heterocycles. The van der Waals surface area contributed by atoms with Crippen LogP contribution in [0.3, 0.4) is 0 Å². The summed E-state index contributed by atoms with van der Waals surface area (Å²) in [5.41, 5.74) is 2.53. The van der Waals surface area contributed by atoms with Gasteiger partial charge in [-0.2, -0.15) is 0 Å². The van der Waals surface area contributed by atoms with Gasteiger partial charge in [-0.15, -0.1) is 11.3 Å². The summed E-state index contributed by atoms with van der Waals surface area (Å²) in [5, 5.41) is 1.24. The van der Waals surface area contributed by atoms with Gasteiger partial charge in [0.25, 0.3) is 0 Å². The summed E-state index contributed by atoms with van der Waals surface area (Å²) in [5.74, 6) is 0. The van der Waals surface area contributed by atoms with Crippen LogP contribution >= 0.6 is 11.3 Å². The summed E-state index contributed by atoms with van der Waals surface area (Å²) in [6.07, 6.45) is 5.81. The SMILES string of the molecule is CCc1nc(C)c([C@@H](C)N(C)CCc2ccncc2)s1. The van der Waals surface area contributed by atoms with Gasteiger partial charge >= 0.3 is 0 Å². The molecule has 0 aromatic carbocycles. The summed E-state index contributed by atoms with van der Waals surface area (Å²) in [7, 11) is 2.19. The van der Waals surface area contributed by atoms with Crippen LogP contribution in [-0.4, -0.2) is 28.5 Å². The van der Waals surface area contributed by atoms with Crippen molar-refractivity contribution in [3.8, 4) is 0 Å². The van der Waals surface area contributed by atoms with Crippen molar-refractivity contribution in [1.29, 1.82) is 0 Å². The Kier molecular flexibility index (Phi) is 5.26. The molecule has 2 aromatic heterocycles. The van der Waals surface area contributed by atoms with Crippen molar-refractivity contribution >= 4 is 11.3 Å². The fourth-order valence-corrected chi connectivity index (χ4v) is 3.38. The van der Waals surface area contributed by atoms with Gasteiger partial charge in [0.15, 0.2) is 0 Å². The van der Waals surface area contributed by atoms with E-state index in [4.69, 9.17) is 0 Å². The molecule has 0 N–H and O–H groups in total. The van der Waals surface area contributed by atoms with Crippen LogP contribution in [0.25, 0.3) is 0 Å². The summed E-state index contributed by atoms with van der Waals surface area (Å²) in [6.45, 7) is 7.61. The smallest absolute Gasteiger partial charge is 0.0928 e. The van der Waals surface area contributed by atoms with Crippen molar-refractivity contribution in [1.82, 2.24) is 14.9 Å². The zero-order valence-electron chi connectivity index (χ0n) is 12.8. The van der Waals surface area contributed by atoms with Crippen molar-refractivity contribution in [3.05, 3.63) is 45.7 Å². The third-order valence-electron chi connectivity index (χ3n) is 3.72. The Morgan fingerprint density at radius 1 is 1.30 bits per heavy atom. The van der Waals surface area contributed by atoms with Gasteiger partial charge in [-0.25, -0.2) is 4.98 Å². The predicted octanol–water partition coefficient (Wildman–Crippen LogP) is 3.64. The molecule has 0 aliphatic carbocycles. The molecule has 0 aliphatic rings. The minimum absolute atomic E-state index is 0.426. The molecule has 20 heavy (non-hydrogen) atoms. The first-order chi connectivity index (χ1) is 9.61. The van der Waals surface area contributed by atoms with Crippen LogP contribution in [0.4, 0.5) is 0 Å². The zero-order valence-corrected chi connectivity index (χ0v) is 13.6. The zero-order chi connectivity index (χ0) is 14.5. The van der Waals surface area contributed by atoms with Crippen LogP contribution in [0, 0.1) is 6.92 Å². The highest BCUT2D eigenvalue weighted by Crippen LogP contribution is 2.28. The van der Waals surface area contributed by atoms with Crippen molar-refractivity contribution in [3.63, 3.8) is 0 Å². The number of rotatable bonds is 6. The van der Waals surface area contributed by atoms with E-state index in [-0.39, 0.29) is 0 Å². The maximum absolute atomic E-state index is 4.63. The molecule has 0 radical (unpaired) electrons. The van der Waals surface area contributed by atoms with Gasteiger partial charge < -0.3 is 0 Å². The first kappa shape index (κ1) is 15.1. The van der Waals surface area contributed by atoms with Crippen molar-refractivity contribution in [2.45, 2.75) is 39.7 Å². The Bertz CT molecular complexity index is 536. The Labute approximate surface area is 125 Å². The van der Waals surface area contributed by atoms with Gasteiger partial charge in [-0.3, -0.25) is 9.88 Å². The number of likely N-dealkylation sites (N-methyl/N-ethyl adjacent to an activating group) is 1. The van der Waals surface area contributed by atoms with Gasteiger partial charge in [-0.05, 0) is 51.4 Å². The summed E-state index contributed by atoms with van der Waals surface area (Å²) in [4.78, 5) is 12.5. The molecule has 2 aromatic rings. The Morgan fingerprint density at radius 3 is 2.60 bits per heavy atom. The van der Waals surface area contributed by atoms with Crippen molar-refractivity contribution in [2.24, 2.45) is 0 Å². The lowest BCUT2D eigenvalue weighted by molar-refractivity contribution is 0.267. The number of thiazole rings is 1. The molecule has 4 heteroatoms. The fourth-order valence-electron chi connectivity index (χ4n) is 2.25. The van der Waals surface area contributed by atoms with E-state index >= 15 is 0 Å². The van der Waals surface area contributed by atoms with Crippen LogP contribution < -0.4 is 0 Å². The second-order valence-electron chi connectivity index (χ2n) is 5.17. The van der Waals surface area contributed by atoms with Crippen LogP contribution in [0.1, 0.15) is 41.0 Å². The van der Waals surface area contributed by atoms with E-state index in [1.54, 1.807) is 0 Å². The molecule has 0 saturated carbocycles. The normalized spacial score (nSPS) is 12.8. The van der Waals surface area contributed by atoms with Crippen LogP contribution in [0.5, 0.6) is 0 Å². The highest BCUT2D eigenvalue weighted by atomic mass is 32.1. The van der Waals surface area contributed by atoms with E-state index in [1.165, 1.54) is 21.1 Å². The number of nitrogens with zero attached hydrogens (tertiary/aromatic N) is 3.